The second-order valence-electron chi connectivity index (χ2n) is 5.59. The second kappa shape index (κ2) is 6.95. The van der Waals surface area contributed by atoms with E-state index in [1.165, 1.54) is 23.5 Å². The van der Waals surface area contributed by atoms with Gasteiger partial charge in [0, 0.05) is 13.1 Å². The maximum Gasteiger partial charge on any atom is 0.339 e. The van der Waals surface area contributed by atoms with Gasteiger partial charge < -0.3 is 10.5 Å². The molecule has 0 saturated carbocycles. The monoisotopic (exact) mass is 348 g/mol. The van der Waals surface area contributed by atoms with E-state index >= 15 is 0 Å². The second-order valence-corrected chi connectivity index (χ2v) is 7.50. The molecule has 0 spiro atoms. The Labute approximate surface area is 137 Å². The lowest BCUT2D eigenvalue weighted by molar-refractivity contribution is 0.0596. The third-order valence-electron chi connectivity index (χ3n) is 3.93. The van der Waals surface area contributed by atoms with Crippen molar-refractivity contribution in [3.05, 3.63) is 29.8 Å². The van der Waals surface area contributed by atoms with E-state index in [2.05, 4.69) is 4.74 Å². The third-order valence-corrected chi connectivity index (χ3v) is 5.83. The number of sulfonamides is 1. The van der Waals surface area contributed by atoms with Gasteiger partial charge in [0.05, 0.1) is 17.6 Å². The first kappa shape index (κ1) is 18.9. The van der Waals surface area contributed by atoms with Crippen LogP contribution in [0.5, 0.6) is 0 Å². The van der Waals surface area contributed by atoms with E-state index in [0.29, 0.717) is 26.1 Å². The van der Waals surface area contributed by atoms with Crippen LogP contribution in [0.15, 0.2) is 29.2 Å². The lowest BCUT2D eigenvalue weighted by Gasteiger charge is -2.23. The summed E-state index contributed by atoms with van der Waals surface area (Å²) < 4.78 is 31.6. The van der Waals surface area contributed by atoms with Crippen LogP contribution in [-0.4, -0.2) is 45.4 Å². The molecular formula is C14H21ClN2O4S. The minimum atomic E-state index is -3.73. The van der Waals surface area contributed by atoms with Crippen molar-refractivity contribution in [2.45, 2.75) is 18.2 Å². The first-order valence-corrected chi connectivity index (χ1v) is 8.16. The summed E-state index contributed by atoms with van der Waals surface area (Å²) in [4.78, 5) is 11.7. The molecule has 1 aliphatic heterocycles. The van der Waals surface area contributed by atoms with E-state index in [1.54, 1.807) is 12.1 Å². The number of hydrogen-bond donors (Lipinski definition) is 1. The molecule has 1 saturated heterocycles. The summed E-state index contributed by atoms with van der Waals surface area (Å²) in [6, 6.07) is 6.09. The highest BCUT2D eigenvalue weighted by Gasteiger charge is 2.40. The van der Waals surface area contributed by atoms with E-state index < -0.39 is 16.0 Å². The van der Waals surface area contributed by atoms with E-state index in [0.717, 1.165) is 0 Å². The van der Waals surface area contributed by atoms with Crippen LogP contribution in [0.2, 0.25) is 0 Å². The zero-order valence-electron chi connectivity index (χ0n) is 12.6. The normalized spacial score (nSPS) is 22.1. The molecule has 1 fully saturated rings. The van der Waals surface area contributed by atoms with Gasteiger partial charge in [-0.25, -0.2) is 13.2 Å². The Morgan fingerprint density at radius 3 is 2.59 bits per heavy atom. The molecule has 22 heavy (non-hydrogen) atoms. The maximum absolute atomic E-state index is 12.8. The van der Waals surface area contributed by atoms with E-state index in [9.17, 15) is 13.2 Å². The standard InChI is InChI=1S/C14H20N2O4S.ClH/c1-14(9-15)7-8-16(10-14)21(18,19)12-6-4-3-5-11(12)13(17)20-2;/h3-6H,7-10,15H2,1-2H3;1H. The van der Waals surface area contributed by atoms with Crippen LogP contribution in [0.3, 0.4) is 0 Å². The van der Waals surface area contributed by atoms with Crippen LogP contribution in [-0.2, 0) is 14.8 Å². The molecule has 1 heterocycles. The Balaban J connectivity index is 0.00000242. The van der Waals surface area contributed by atoms with Crippen LogP contribution < -0.4 is 5.73 Å². The molecule has 1 aromatic carbocycles. The summed E-state index contributed by atoms with van der Waals surface area (Å²) in [7, 11) is -2.50. The molecule has 0 radical (unpaired) electrons. The zero-order valence-corrected chi connectivity index (χ0v) is 14.2. The number of carbonyl (C=O) groups excluding carboxylic acids is 1. The van der Waals surface area contributed by atoms with Gasteiger partial charge in [-0.2, -0.15) is 4.31 Å². The van der Waals surface area contributed by atoms with Crippen LogP contribution >= 0.6 is 12.4 Å². The smallest absolute Gasteiger partial charge is 0.339 e. The van der Waals surface area contributed by atoms with Gasteiger partial charge in [-0.15, -0.1) is 12.4 Å². The number of hydrogen-bond acceptors (Lipinski definition) is 5. The van der Waals surface area contributed by atoms with E-state index in [1.807, 2.05) is 6.92 Å². The quantitative estimate of drug-likeness (QED) is 0.827. The molecular weight excluding hydrogens is 328 g/mol. The van der Waals surface area contributed by atoms with Gasteiger partial charge in [-0.1, -0.05) is 19.1 Å². The largest absolute Gasteiger partial charge is 0.465 e. The van der Waals surface area contributed by atoms with Crippen molar-refractivity contribution >= 4 is 28.4 Å². The van der Waals surface area contributed by atoms with Crippen molar-refractivity contribution in [2.24, 2.45) is 11.1 Å². The van der Waals surface area contributed by atoms with Crippen molar-refractivity contribution in [3.8, 4) is 0 Å². The number of nitrogens with zero attached hydrogens (tertiary/aromatic N) is 1. The van der Waals surface area contributed by atoms with Gasteiger partial charge in [0.15, 0.2) is 0 Å². The minimum absolute atomic E-state index is 0. The van der Waals surface area contributed by atoms with Crippen molar-refractivity contribution in [1.82, 2.24) is 4.31 Å². The highest BCUT2D eigenvalue weighted by atomic mass is 35.5. The molecule has 6 nitrogen and oxygen atoms in total. The lowest BCUT2D eigenvalue weighted by Crippen LogP contribution is -2.35. The molecule has 0 amide bonds. The third kappa shape index (κ3) is 3.43. The fourth-order valence-corrected chi connectivity index (χ4v) is 4.23. The number of halogens is 1. The number of rotatable bonds is 4. The number of esters is 1. The number of carbonyl (C=O) groups is 1. The van der Waals surface area contributed by atoms with Crippen molar-refractivity contribution in [2.75, 3.05) is 26.7 Å². The first-order chi connectivity index (χ1) is 9.84. The highest BCUT2D eigenvalue weighted by molar-refractivity contribution is 7.89. The molecule has 0 aromatic heterocycles. The average molecular weight is 349 g/mol. The average Bonchev–Trinajstić information content (AvgIpc) is 2.90. The van der Waals surface area contributed by atoms with Crippen molar-refractivity contribution in [3.63, 3.8) is 0 Å². The summed E-state index contributed by atoms with van der Waals surface area (Å²) in [5.41, 5.74) is 5.56. The number of methoxy groups -OCH3 is 1. The topological polar surface area (TPSA) is 89.7 Å². The van der Waals surface area contributed by atoms with Gasteiger partial charge >= 0.3 is 5.97 Å². The Bertz CT molecular complexity index is 650. The summed E-state index contributed by atoms with van der Waals surface area (Å²) >= 11 is 0. The molecule has 8 heteroatoms. The minimum Gasteiger partial charge on any atom is -0.465 e. The van der Waals surface area contributed by atoms with Crippen LogP contribution in [0.25, 0.3) is 0 Å². The van der Waals surface area contributed by atoms with E-state index in [4.69, 9.17) is 5.73 Å². The molecule has 2 rings (SSSR count). The molecule has 2 N–H and O–H groups in total. The highest BCUT2D eigenvalue weighted by Crippen LogP contribution is 2.33. The van der Waals surface area contributed by atoms with Crippen LogP contribution in [0, 0.1) is 5.41 Å². The summed E-state index contributed by atoms with van der Waals surface area (Å²) in [6.07, 6.45) is 0.711. The fourth-order valence-electron chi connectivity index (χ4n) is 2.46. The Morgan fingerprint density at radius 2 is 2.05 bits per heavy atom. The van der Waals surface area contributed by atoms with Gasteiger partial charge in [-0.05, 0) is 30.5 Å². The lowest BCUT2D eigenvalue weighted by atomic mass is 9.90. The summed E-state index contributed by atoms with van der Waals surface area (Å²) in [5, 5.41) is 0. The summed E-state index contributed by atoms with van der Waals surface area (Å²) in [5.74, 6) is -0.657. The zero-order chi connectivity index (χ0) is 15.7. The van der Waals surface area contributed by atoms with Crippen LogP contribution in [0.1, 0.15) is 23.7 Å². The van der Waals surface area contributed by atoms with Crippen LogP contribution in [0.4, 0.5) is 0 Å². The number of benzene rings is 1. The predicted octanol–water partition coefficient (Wildman–Crippen LogP) is 1.25. The SMILES string of the molecule is COC(=O)c1ccccc1S(=O)(=O)N1CCC(C)(CN)C1.Cl. The first-order valence-electron chi connectivity index (χ1n) is 6.72. The van der Waals surface area contributed by atoms with Crippen molar-refractivity contribution < 1.29 is 17.9 Å². The number of ether oxygens (including phenoxy) is 1. The maximum atomic E-state index is 12.8. The Morgan fingerprint density at radius 1 is 1.41 bits per heavy atom. The van der Waals surface area contributed by atoms with E-state index in [-0.39, 0.29) is 28.3 Å². The Hall–Kier alpha value is -1.15. The van der Waals surface area contributed by atoms with Gasteiger partial charge in [0.2, 0.25) is 10.0 Å². The Kier molecular flexibility index (Phi) is 5.97. The van der Waals surface area contributed by atoms with Gasteiger partial charge in [0.1, 0.15) is 0 Å². The molecule has 0 bridgehead atoms. The molecule has 0 aliphatic carbocycles. The van der Waals surface area contributed by atoms with Crippen molar-refractivity contribution in [1.29, 1.82) is 0 Å². The molecule has 124 valence electrons. The van der Waals surface area contributed by atoms with Gasteiger partial charge in [-0.3, -0.25) is 0 Å². The molecule has 1 aromatic rings. The predicted molar refractivity (Wildman–Crippen MR) is 85.6 cm³/mol. The summed E-state index contributed by atoms with van der Waals surface area (Å²) in [6.45, 7) is 3.17. The van der Waals surface area contributed by atoms with Gasteiger partial charge in [0.25, 0.3) is 0 Å². The number of nitrogens with two attached hydrogens (primary N) is 1. The molecule has 1 aliphatic rings. The molecule has 1 atom stereocenters. The molecule has 1 unspecified atom stereocenters. The fraction of sp³-hybridized carbons (Fsp3) is 0.500.